The average Bonchev–Trinajstić information content (AvgIpc) is 3.53. The number of aliphatic carboxylic acids is 1. The largest absolute Gasteiger partial charge is 0.478 e. The quantitative estimate of drug-likeness (QED) is 0.164. The van der Waals surface area contributed by atoms with E-state index in [2.05, 4.69) is 11.9 Å². The van der Waals surface area contributed by atoms with Gasteiger partial charge in [-0.1, -0.05) is 42.5 Å². The minimum atomic E-state index is -4.94. The summed E-state index contributed by atoms with van der Waals surface area (Å²) in [5, 5.41) is 12.8. The first-order valence-corrected chi connectivity index (χ1v) is 10.6. The van der Waals surface area contributed by atoms with Gasteiger partial charge in [-0.15, -0.1) is 0 Å². The standard InChI is InChI=1S/C23H23ClF3N3O4/c1-13(23(25,26)27)18(20(30(2)28)34-17-5-3-4-16(24)12-17)19(31)29-22(10-11-22)15-8-6-14(7-9-15)21(32)33/h3-8,12,15H,1,9-11,28H2,2H3,(H,29,31)(H,32,33)/b20-18-. The Kier molecular flexibility index (Phi) is 7.13. The van der Waals surface area contributed by atoms with E-state index in [0.717, 1.165) is 5.01 Å². The Morgan fingerprint density at radius 3 is 2.50 bits per heavy atom. The van der Waals surface area contributed by atoms with Gasteiger partial charge in [0.1, 0.15) is 11.3 Å². The third-order valence-corrected chi connectivity index (χ3v) is 5.86. The van der Waals surface area contributed by atoms with Gasteiger partial charge in [0.05, 0.1) is 11.1 Å². The zero-order chi connectivity index (χ0) is 25.3. The highest BCUT2D eigenvalue weighted by atomic mass is 35.5. The summed E-state index contributed by atoms with van der Waals surface area (Å²) in [5.74, 6) is 2.85. The number of halogens is 4. The number of hydrogen-bond acceptors (Lipinski definition) is 5. The second-order valence-electron chi connectivity index (χ2n) is 8.10. The van der Waals surface area contributed by atoms with Crippen molar-refractivity contribution in [3.8, 4) is 5.75 Å². The van der Waals surface area contributed by atoms with Gasteiger partial charge in [0.25, 0.3) is 5.91 Å². The molecule has 0 aliphatic heterocycles. The summed E-state index contributed by atoms with van der Waals surface area (Å²) < 4.78 is 46.6. The number of nitrogens with two attached hydrogens (primary N) is 1. The molecule has 1 fully saturated rings. The molecule has 34 heavy (non-hydrogen) atoms. The van der Waals surface area contributed by atoms with Crippen molar-refractivity contribution in [3.63, 3.8) is 0 Å². The number of carboxylic acids is 1. The van der Waals surface area contributed by atoms with Crippen LogP contribution in [0.2, 0.25) is 5.02 Å². The molecule has 1 aromatic rings. The Labute approximate surface area is 199 Å². The van der Waals surface area contributed by atoms with Crippen LogP contribution in [0.25, 0.3) is 0 Å². The fourth-order valence-corrected chi connectivity index (χ4v) is 3.83. The van der Waals surface area contributed by atoms with Crippen molar-refractivity contribution in [2.45, 2.75) is 31.0 Å². The summed E-state index contributed by atoms with van der Waals surface area (Å²) in [7, 11) is 1.23. The van der Waals surface area contributed by atoms with Crippen LogP contribution in [-0.2, 0) is 9.59 Å². The molecule has 1 aromatic carbocycles. The van der Waals surface area contributed by atoms with E-state index >= 15 is 0 Å². The highest BCUT2D eigenvalue weighted by Crippen LogP contribution is 2.46. The Hall–Kier alpha value is -3.24. The zero-order valence-electron chi connectivity index (χ0n) is 18.2. The van der Waals surface area contributed by atoms with Gasteiger partial charge >= 0.3 is 12.1 Å². The van der Waals surface area contributed by atoms with Crippen molar-refractivity contribution >= 4 is 23.5 Å². The highest BCUT2D eigenvalue weighted by Gasteiger charge is 2.51. The van der Waals surface area contributed by atoms with Crippen molar-refractivity contribution < 1.29 is 32.6 Å². The minimum absolute atomic E-state index is 0.0720. The predicted octanol–water partition coefficient (Wildman–Crippen LogP) is 4.09. The van der Waals surface area contributed by atoms with Crippen molar-refractivity contribution in [3.05, 3.63) is 76.7 Å². The molecule has 3 rings (SSSR count). The number of nitrogens with zero attached hydrogens (tertiary/aromatic N) is 1. The first-order valence-electron chi connectivity index (χ1n) is 10.2. The number of carbonyl (C=O) groups excluding carboxylic acids is 1. The van der Waals surface area contributed by atoms with Gasteiger partial charge in [-0.2, -0.15) is 13.2 Å². The van der Waals surface area contributed by atoms with E-state index in [1.807, 2.05) is 0 Å². The van der Waals surface area contributed by atoms with E-state index in [-0.39, 0.29) is 22.3 Å². The molecule has 7 nitrogen and oxygen atoms in total. The first kappa shape index (κ1) is 25.4. The van der Waals surface area contributed by atoms with Crippen LogP contribution in [0.4, 0.5) is 13.2 Å². The predicted molar refractivity (Wildman–Crippen MR) is 119 cm³/mol. The second-order valence-corrected chi connectivity index (χ2v) is 8.54. The number of allylic oxidation sites excluding steroid dienone is 1. The van der Waals surface area contributed by atoms with Crippen LogP contribution in [0.1, 0.15) is 19.3 Å². The number of hydrogen-bond donors (Lipinski definition) is 3. The van der Waals surface area contributed by atoms with Gasteiger partial charge in [0.15, 0.2) is 0 Å². The molecule has 2 aliphatic carbocycles. The first-order chi connectivity index (χ1) is 15.8. The molecule has 0 heterocycles. The molecule has 1 saturated carbocycles. The van der Waals surface area contributed by atoms with Crippen molar-refractivity contribution in [2.75, 3.05) is 7.05 Å². The van der Waals surface area contributed by atoms with E-state index < -0.39 is 40.6 Å². The Balaban J connectivity index is 1.95. The molecule has 2 aliphatic rings. The normalized spacial score (nSPS) is 19.5. The number of benzene rings is 1. The molecule has 0 aromatic heterocycles. The smallest absolute Gasteiger partial charge is 0.416 e. The number of hydrazine groups is 1. The maximum Gasteiger partial charge on any atom is 0.416 e. The number of carboxylic acid groups (broad SMARTS) is 1. The Morgan fingerprint density at radius 1 is 1.35 bits per heavy atom. The monoisotopic (exact) mass is 497 g/mol. The lowest BCUT2D eigenvalue weighted by molar-refractivity contribution is -0.132. The molecule has 1 atom stereocenters. The molecule has 0 spiro atoms. The third-order valence-electron chi connectivity index (χ3n) is 5.62. The van der Waals surface area contributed by atoms with Gasteiger partial charge in [0.2, 0.25) is 5.88 Å². The van der Waals surface area contributed by atoms with Crippen molar-refractivity contribution in [2.24, 2.45) is 11.8 Å². The van der Waals surface area contributed by atoms with Gasteiger partial charge in [-0.25, -0.2) is 10.6 Å². The number of nitrogens with one attached hydrogen (secondary N) is 1. The second kappa shape index (κ2) is 9.55. The molecule has 0 saturated heterocycles. The van der Waals surface area contributed by atoms with Crippen molar-refractivity contribution in [1.29, 1.82) is 0 Å². The van der Waals surface area contributed by atoms with E-state index in [1.54, 1.807) is 12.1 Å². The molecule has 4 N–H and O–H groups in total. The van der Waals surface area contributed by atoms with Gasteiger partial charge < -0.3 is 15.2 Å². The molecule has 11 heteroatoms. The molecule has 0 radical (unpaired) electrons. The summed E-state index contributed by atoms with van der Waals surface area (Å²) in [4.78, 5) is 24.4. The van der Waals surface area contributed by atoms with Crippen LogP contribution in [0.3, 0.4) is 0 Å². The number of alkyl halides is 3. The molecular weight excluding hydrogens is 475 g/mol. The summed E-state index contributed by atoms with van der Waals surface area (Å²) in [5.41, 5.74) is -3.00. The van der Waals surface area contributed by atoms with Crippen LogP contribution in [0, 0.1) is 5.92 Å². The van der Waals surface area contributed by atoms with Crippen molar-refractivity contribution in [1.82, 2.24) is 10.3 Å². The summed E-state index contributed by atoms with van der Waals surface area (Å²) in [6.45, 7) is 3.08. The van der Waals surface area contributed by atoms with Crippen LogP contribution in [-0.4, -0.2) is 40.8 Å². The average molecular weight is 498 g/mol. The van der Waals surface area contributed by atoms with E-state index in [4.69, 9.17) is 27.3 Å². The minimum Gasteiger partial charge on any atom is -0.478 e. The topological polar surface area (TPSA) is 105 Å². The number of amides is 1. The highest BCUT2D eigenvalue weighted by molar-refractivity contribution is 6.30. The summed E-state index contributed by atoms with van der Waals surface area (Å²) >= 11 is 5.93. The van der Waals surface area contributed by atoms with Crippen LogP contribution in [0.15, 0.2) is 71.7 Å². The summed E-state index contributed by atoms with van der Waals surface area (Å²) in [6, 6.07) is 5.88. The Bertz CT molecular complexity index is 1100. The lowest BCUT2D eigenvalue weighted by Gasteiger charge is -2.29. The Morgan fingerprint density at radius 2 is 2.03 bits per heavy atom. The molecule has 182 valence electrons. The molecule has 1 unspecified atom stereocenters. The van der Waals surface area contributed by atoms with Gasteiger partial charge in [0, 0.05) is 23.5 Å². The SMILES string of the molecule is C=C(/C(C(=O)NC1(C2C=CC(C(=O)O)=CC2)CC1)=C(/Oc1cccc(Cl)c1)N(C)N)C(F)(F)F. The van der Waals surface area contributed by atoms with Crippen LogP contribution in [0.5, 0.6) is 5.75 Å². The number of ether oxygens (including phenoxy) is 1. The van der Waals surface area contributed by atoms with E-state index in [9.17, 15) is 22.8 Å². The lowest BCUT2D eigenvalue weighted by Crippen LogP contribution is -2.45. The molecular formula is C23H23ClF3N3O4. The lowest BCUT2D eigenvalue weighted by atomic mass is 9.87. The van der Waals surface area contributed by atoms with Gasteiger partial charge in [-0.3, -0.25) is 9.80 Å². The van der Waals surface area contributed by atoms with Crippen LogP contribution >= 0.6 is 11.6 Å². The summed E-state index contributed by atoms with van der Waals surface area (Å²) in [6.07, 6.45) is 1.00. The van der Waals surface area contributed by atoms with E-state index in [1.165, 1.54) is 37.4 Å². The fraction of sp³-hybridized carbons (Fsp3) is 0.304. The molecule has 1 amide bonds. The number of carbonyl (C=O) groups is 2. The van der Waals surface area contributed by atoms with Crippen LogP contribution < -0.4 is 15.9 Å². The molecule has 0 bridgehead atoms. The van der Waals surface area contributed by atoms with Gasteiger partial charge in [-0.05, 0) is 37.5 Å². The van der Waals surface area contributed by atoms with E-state index in [0.29, 0.717) is 19.3 Å². The fourth-order valence-electron chi connectivity index (χ4n) is 3.65. The maximum absolute atomic E-state index is 13.7. The maximum atomic E-state index is 13.7. The zero-order valence-corrected chi connectivity index (χ0v) is 18.9. The third kappa shape index (κ3) is 5.63. The number of rotatable bonds is 8.